The highest BCUT2D eigenvalue weighted by Gasteiger charge is 2.54. The number of fused-ring (bicyclic) bond motifs is 2. The van der Waals surface area contributed by atoms with E-state index in [1.54, 1.807) is 0 Å². The van der Waals surface area contributed by atoms with Crippen molar-refractivity contribution in [3.63, 3.8) is 0 Å². The molecule has 0 amide bonds. The highest BCUT2D eigenvalue weighted by molar-refractivity contribution is 6.69. The van der Waals surface area contributed by atoms with Gasteiger partial charge in [-0.1, -0.05) is 48.6 Å². The molecule has 3 heteroatoms. The average molecular weight is 322 g/mol. The molecule has 2 aliphatic rings. The number of allylic oxidation sites excluding steroid dienone is 2. The van der Waals surface area contributed by atoms with Crippen LogP contribution >= 0.6 is 0 Å². The van der Waals surface area contributed by atoms with E-state index < -0.39 is 8.56 Å². The molecule has 2 aromatic rings. The van der Waals surface area contributed by atoms with Gasteiger partial charge in [0.2, 0.25) is 0 Å². The zero-order valence-electron chi connectivity index (χ0n) is 13.4. The summed E-state index contributed by atoms with van der Waals surface area (Å²) in [5.74, 6) is 3.17. The Morgan fingerprint density at radius 1 is 0.783 bits per heavy atom. The predicted molar refractivity (Wildman–Crippen MR) is 94.9 cm³/mol. The molecule has 3 atom stereocenters. The second-order valence-corrected chi connectivity index (χ2v) is 9.91. The van der Waals surface area contributed by atoms with Crippen LogP contribution in [0.15, 0.2) is 72.8 Å². The van der Waals surface area contributed by atoms with Crippen LogP contribution in [0.5, 0.6) is 11.5 Å². The van der Waals surface area contributed by atoms with Gasteiger partial charge in [0.05, 0.1) is 0 Å². The molecule has 2 nitrogen and oxygen atoms in total. The van der Waals surface area contributed by atoms with Crippen molar-refractivity contribution in [2.75, 3.05) is 0 Å². The molecule has 0 N–H and O–H groups in total. The Morgan fingerprint density at radius 3 is 1.78 bits per heavy atom. The maximum Gasteiger partial charge on any atom is 0.461 e. The molecule has 0 heterocycles. The molecule has 4 rings (SSSR count). The molecular weight excluding hydrogens is 300 g/mol. The summed E-state index contributed by atoms with van der Waals surface area (Å²) in [6.45, 7) is 2.23. The summed E-state index contributed by atoms with van der Waals surface area (Å²) in [5.41, 5.74) is 0.512. The summed E-state index contributed by atoms with van der Waals surface area (Å²) < 4.78 is 13.1. The van der Waals surface area contributed by atoms with Crippen LogP contribution in [0.3, 0.4) is 0 Å². The lowest BCUT2D eigenvalue weighted by atomic mass is 10.1. The Balaban J connectivity index is 1.64. The minimum atomic E-state index is -2.40. The summed E-state index contributed by atoms with van der Waals surface area (Å²) in [6, 6.07) is 20.2. The molecule has 2 aromatic carbocycles. The molecule has 0 aliphatic heterocycles. The van der Waals surface area contributed by atoms with Gasteiger partial charge in [-0.2, -0.15) is 0 Å². The molecule has 0 saturated heterocycles. The Morgan fingerprint density at radius 2 is 1.35 bits per heavy atom. The van der Waals surface area contributed by atoms with E-state index >= 15 is 0 Å². The molecule has 0 radical (unpaired) electrons. The summed E-state index contributed by atoms with van der Waals surface area (Å²) in [6.07, 6.45) is 7.22. The van der Waals surface area contributed by atoms with E-state index in [2.05, 4.69) is 18.7 Å². The van der Waals surface area contributed by atoms with Crippen molar-refractivity contribution >= 4 is 8.56 Å². The maximum absolute atomic E-state index is 6.53. The van der Waals surface area contributed by atoms with Crippen LogP contribution in [-0.4, -0.2) is 8.56 Å². The van der Waals surface area contributed by atoms with Crippen molar-refractivity contribution in [3.8, 4) is 11.5 Å². The maximum atomic E-state index is 6.53. The Bertz CT molecular complexity index is 642. The lowest BCUT2D eigenvalue weighted by Gasteiger charge is -2.36. The van der Waals surface area contributed by atoms with E-state index in [9.17, 15) is 0 Å². The van der Waals surface area contributed by atoms with Crippen LogP contribution in [-0.2, 0) is 0 Å². The van der Waals surface area contributed by atoms with Gasteiger partial charge < -0.3 is 8.85 Å². The Hall–Kier alpha value is -2.00. The van der Waals surface area contributed by atoms with Gasteiger partial charge in [0.25, 0.3) is 0 Å². The molecule has 2 aliphatic carbocycles. The molecule has 1 fully saturated rings. The van der Waals surface area contributed by atoms with Gasteiger partial charge in [0.15, 0.2) is 0 Å². The second-order valence-electron chi connectivity index (χ2n) is 6.73. The molecular formula is C20H22O2Si. The fraction of sp³-hybridized carbons (Fsp3) is 0.300. The number of rotatable bonds is 5. The molecule has 0 spiro atoms. The third-order valence-electron chi connectivity index (χ3n) is 5.08. The van der Waals surface area contributed by atoms with Gasteiger partial charge in [0.1, 0.15) is 11.5 Å². The quantitative estimate of drug-likeness (QED) is 0.557. The SMILES string of the molecule is C[Si](Oc1ccccc1)(Oc1ccccc1)C1CC2C=CC1C2. The topological polar surface area (TPSA) is 18.5 Å². The van der Waals surface area contributed by atoms with Gasteiger partial charge in [0, 0.05) is 12.1 Å². The van der Waals surface area contributed by atoms with Crippen LogP contribution in [0, 0.1) is 11.8 Å². The summed E-state index contributed by atoms with van der Waals surface area (Å²) in [5, 5.41) is 0. The zero-order chi connectivity index (χ0) is 15.7. The first-order chi connectivity index (χ1) is 11.2. The normalized spacial score (nSPS) is 25.5. The van der Waals surface area contributed by atoms with Gasteiger partial charge in [-0.05, 0) is 48.9 Å². The van der Waals surface area contributed by atoms with E-state index in [0.717, 1.165) is 17.4 Å². The van der Waals surface area contributed by atoms with E-state index in [-0.39, 0.29) is 0 Å². The highest BCUT2D eigenvalue weighted by Crippen LogP contribution is 2.52. The first-order valence-electron chi connectivity index (χ1n) is 8.39. The summed E-state index contributed by atoms with van der Waals surface area (Å²) in [7, 11) is -2.40. The van der Waals surface area contributed by atoms with Crippen molar-refractivity contribution in [1.82, 2.24) is 0 Å². The first kappa shape index (κ1) is 14.6. The van der Waals surface area contributed by atoms with E-state index in [1.165, 1.54) is 12.8 Å². The van der Waals surface area contributed by atoms with Crippen molar-refractivity contribution in [2.45, 2.75) is 24.9 Å². The lowest BCUT2D eigenvalue weighted by molar-refractivity contribution is 0.355. The highest BCUT2D eigenvalue weighted by atomic mass is 28.4. The van der Waals surface area contributed by atoms with Crippen LogP contribution < -0.4 is 8.85 Å². The number of benzene rings is 2. The number of hydrogen-bond acceptors (Lipinski definition) is 2. The Kier molecular flexibility index (Phi) is 3.74. The molecule has 118 valence electrons. The van der Waals surface area contributed by atoms with Crippen LogP contribution in [0.4, 0.5) is 0 Å². The second kappa shape index (κ2) is 5.89. The predicted octanol–water partition coefficient (Wildman–Crippen LogP) is 5.18. The largest absolute Gasteiger partial charge is 0.512 e. The van der Waals surface area contributed by atoms with Crippen LogP contribution in [0.25, 0.3) is 0 Å². The van der Waals surface area contributed by atoms with Crippen molar-refractivity contribution in [1.29, 1.82) is 0 Å². The minimum Gasteiger partial charge on any atom is -0.512 e. The third kappa shape index (κ3) is 2.93. The molecule has 0 aromatic heterocycles. The van der Waals surface area contributed by atoms with Gasteiger partial charge in [-0.3, -0.25) is 0 Å². The number of hydrogen-bond donors (Lipinski definition) is 0. The first-order valence-corrected chi connectivity index (χ1v) is 10.8. The van der Waals surface area contributed by atoms with E-state index in [4.69, 9.17) is 8.85 Å². The number of para-hydroxylation sites is 2. The summed E-state index contributed by atoms with van der Waals surface area (Å²) in [4.78, 5) is 0. The van der Waals surface area contributed by atoms with Gasteiger partial charge in [-0.15, -0.1) is 0 Å². The molecule has 23 heavy (non-hydrogen) atoms. The molecule has 3 unspecified atom stereocenters. The fourth-order valence-corrected chi connectivity index (χ4v) is 7.31. The molecule has 2 bridgehead atoms. The average Bonchev–Trinajstić information content (AvgIpc) is 3.20. The Labute approximate surface area is 139 Å². The van der Waals surface area contributed by atoms with Crippen molar-refractivity contribution in [2.24, 2.45) is 11.8 Å². The third-order valence-corrected chi connectivity index (χ3v) is 8.37. The fourth-order valence-electron chi connectivity index (χ4n) is 4.00. The minimum absolute atomic E-state index is 0.512. The monoisotopic (exact) mass is 322 g/mol. The van der Waals surface area contributed by atoms with Crippen LogP contribution in [0.2, 0.25) is 12.1 Å². The smallest absolute Gasteiger partial charge is 0.461 e. The van der Waals surface area contributed by atoms with Crippen LogP contribution in [0.1, 0.15) is 12.8 Å². The van der Waals surface area contributed by atoms with E-state index in [0.29, 0.717) is 11.5 Å². The van der Waals surface area contributed by atoms with E-state index in [1.807, 2.05) is 60.7 Å². The van der Waals surface area contributed by atoms with Crippen molar-refractivity contribution in [3.05, 3.63) is 72.8 Å². The lowest BCUT2D eigenvalue weighted by Crippen LogP contribution is -2.51. The standard InChI is InChI=1S/C20H22O2Si/c1-23(21-18-8-4-2-5-9-18,22-19-10-6-3-7-11-19)20-15-16-12-13-17(20)14-16/h2-13,16-17,20H,14-15H2,1H3. The summed E-state index contributed by atoms with van der Waals surface area (Å²) >= 11 is 0. The zero-order valence-corrected chi connectivity index (χ0v) is 14.4. The van der Waals surface area contributed by atoms with Gasteiger partial charge in [-0.25, -0.2) is 0 Å². The molecule has 1 saturated carbocycles. The van der Waals surface area contributed by atoms with Gasteiger partial charge >= 0.3 is 8.56 Å². The van der Waals surface area contributed by atoms with Crippen molar-refractivity contribution < 1.29 is 8.85 Å².